The summed E-state index contributed by atoms with van der Waals surface area (Å²) < 4.78 is 5.82. The number of aliphatic hydroxyl groups excluding tert-OH is 1. The summed E-state index contributed by atoms with van der Waals surface area (Å²) in [5.41, 5.74) is -0.155. The van der Waals surface area contributed by atoms with Gasteiger partial charge < -0.3 is 9.84 Å². The number of carbonyl (C=O) groups excluding carboxylic acids is 2. The second kappa shape index (κ2) is 5.43. The molecule has 4 heteroatoms. The number of esters is 1. The van der Waals surface area contributed by atoms with Gasteiger partial charge in [-0.2, -0.15) is 0 Å². The molecular formula is C22H32O4. The molecule has 1 spiro atoms. The Morgan fingerprint density at radius 2 is 1.92 bits per heavy atom. The molecule has 144 valence electrons. The maximum Gasteiger partial charge on any atom is 0.302 e. The van der Waals surface area contributed by atoms with E-state index < -0.39 is 11.5 Å². The van der Waals surface area contributed by atoms with Crippen molar-refractivity contribution >= 4 is 11.8 Å². The Labute approximate surface area is 156 Å². The highest BCUT2D eigenvalue weighted by atomic mass is 16.5. The number of carbonyl (C=O) groups is 2. The van der Waals surface area contributed by atoms with E-state index in [0.717, 1.165) is 19.3 Å². The molecule has 4 aliphatic rings. The molecule has 0 saturated heterocycles. The van der Waals surface area contributed by atoms with Crippen LogP contribution in [0.5, 0.6) is 0 Å². The van der Waals surface area contributed by atoms with Gasteiger partial charge in [-0.05, 0) is 60.3 Å². The van der Waals surface area contributed by atoms with E-state index in [1.54, 1.807) is 0 Å². The van der Waals surface area contributed by atoms with E-state index in [-0.39, 0.29) is 40.5 Å². The van der Waals surface area contributed by atoms with Crippen molar-refractivity contribution in [1.82, 2.24) is 0 Å². The van der Waals surface area contributed by atoms with Crippen molar-refractivity contribution in [1.29, 1.82) is 0 Å². The van der Waals surface area contributed by atoms with Gasteiger partial charge >= 0.3 is 5.97 Å². The fourth-order valence-corrected chi connectivity index (χ4v) is 7.75. The Morgan fingerprint density at radius 3 is 2.58 bits per heavy atom. The molecule has 0 aromatic carbocycles. The van der Waals surface area contributed by atoms with Gasteiger partial charge in [0.2, 0.25) is 0 Å². The predicted octanol–water partition coefficient (Wildman–Crippen LogP) is 3.67. The number of hydrogen-bond donors (Lipinski definition) is 1. The maximum atomic E-state index is 13.4. The molecule has 0 radical (unpaired) electrons. The molecule has 0 aromatic heterocycles. The van der Waals surface area contributed by atoms with Gasteiger partial charge in [0.15, 0.2) is 5.78 Å². The first kappa shape index (κ1) is 18.2. The minimum absolute atomic E-state index is 0.0366. The van der Waals surface area contributed by atoms with Crippen molar-refractivity contribution in [2.75, 3.05) is 0 Å². The zero-order valence-electron chi connectivity index (χ0n) is 16.5. The molecule has 4 fully saturated rings. The molecule has 4 aliphatic carbocycles. The van der Waals surface area contributed by atoms with Crippen LogP contribution in [0.2, 0.25) is 0 Å². The molecule has 0 heterocycles. The molecule has 26 heavy (non-hydrogen) atoms. The first-order valence-corrected chi connectivity index (χ1v) is 10.1. The molecule has 4 rings (SSSR count). The highest BCUT2D eigenvalue weighted by Gasteiger charge is 2.72. The Kier molecular flexibility index (Phi) is 3.81. The van der Waals surface area contributed by atoms with E-state index in [4.69, 9.17) is 4.74 Å². The molecule has 4 nitrogen and oxygen atoms in total. The topological polar surface area (TPSA) is 63.6 Å². The van der Waals surface area contributed by atoms with Crippen LogP contribution < -0.4 is 0 Å². The van der Waals surface area contributed by atoms with Crippen LogP contribution >= 0.6 is 0 Å². The van der Waals surface area contributed by atoms with Gasteiger partial charge in [-0.15, -0.1) is 0 Å². The lowest BCUT2D eigenvalue weighted by molar-refractivity contribution is -0.229. The average Bonchev–Trinajstić information content (AvgIpc) is 2.71. The lowest BCUT2D eigenvalue weighted by atomic mass is 9.40. The number of rotatable bonds is 1. The van der Waals surface area contributed by atoms with E-state index in [2.05, 4.69) is 27.4 Å². The first-order chi connectivity index (χ1) is 12.0. The normalized spacial score (nSPS) is 49.3. The highest BCUT2D eigenvalue weighted by molar-refractivity contribution is 6.03. The Morgan fingerprint density at radius 1 is 1.23 bits per heavy atom. The van der Waals surface area contributed by atoms with Gasteiger partial charge in [0.05, 0.1) is 11.5 Å². The summed E-state index contributed by atoms with van der Waals surface area (Å²) in [5, 5.41) is 11.3. The van der Waals surface area contributed by atoms with Crippen molar-refractivity contribution in [3.63, 3.8) is 0 Å². The number of hydrogen-bond acceptors (Lipinski definition) is 4. The summed E-state index contributed by atoms with van der Waals surface area (Å²) in [6.07, 6.45) is 4.33. The van der Waals surface area contributed by atoms with Crippen molar-refractivity contribution < 1.29 is 19.4 Å². The molecule has 1 N–H and O–H groups in total. The summed E-state index contributed by atoms with van der Waals surface area (Å²) in [6, 6.07) is 0. The van der Waals surface area contributed by atoms with E-state index in [9.17, 15) is 14.7 Å². The lowest BCUT2D eigenvalue weighted by Gasteiger charge is -2.65. The van der Waals surface area contributed by atoms with Crippen LogP contribution in [0.3, 0.4) is 0 Å². The van der Waals surface area contributed by atoms with Crippen molar-refractivity contribution in [2.45, 2.75) is 78.4 Å². The van der Waals surface area contributed by atoms with Gasteiger partial charge in [0.1, 0.15) is 6.10 Å². The van der Waals surface area contributed by atoms with Crippen LogP contribution in [0.1, 0.15) is 66.2 Å². The highest BCUT2D eigenvalue weighted by Crippen LogP contribution is 2.71. The SMILES string of the molecule is C=C1C(=O)[C@@]23C[C@@H]1C[C@@H](OC(C)=O)[C@@H]2[C@@]1(C)CCCC(C)(C)[C@@H]1C[C@@H]3O. The first-order valence-electron chi connectivity index (χ1n) is 10.1. The summed E-state index contributed by atoms with van der Waals surface area (Å²) in [6.45, 7) is 12.4. The standard InChI is InChI=1S/C22H32O4/c1-12-14-9-15(26-13(2)23)18-21(5)8-6-7-20(3,4)16(21)10-17(24)22(18,11-14)19(12)25/h14-18,24H,1,6-11H2,2-5H3/t14-,15+,16-,17-,18+,21-,22+/m0/s1. The number of fused-ring (bicyclic) bond motifs is 3. The zero-order chi connectivity index (χ0) is 19.1. The molecule has 0 aromatic rings. The molecule has 0 amide bonds. The van der Waals surface area contributed by atoms with Crippen LogP contribution in [0.4, 0.5) is 0 Å². The van der Waals surface area contributed by atoms with E-state index in [0.29, 0.717) is 30.8 Å². The molecule has 4 saturated carbocycles. The Hall–Kier alpha value is -1.16. The minimum atomic E-state index is -0.807. The second-order valence-corrected chi connectivity index (χ2v) is 10.3. The summed E-state index contributed by atoms with van der Waals surface area (Å²) >= 11 is 0. The van der Waals surface area contributed by atoms with Crippen LogP contribution in [0.25, 0.3) is 0 Å². The van der Waals surface area contributed by atoms with Crippen LogP contribution in [-0.2, 0) is 14.3 Å². The summed E-state index contributed by atoms with van der Waals surface area (Å²) in [5.74, 6) is -0.00660. The smallest absolute Gasteiger partial charge is 0.302 e. The second-order valence-electron chi connectivity index (χ2n) is 10.3. The summed E-state index contributed by atoms with van der Waals surface area (Å²) in [4.78, 5) is 25.2. The van der Waals surface area contributed by atoms with Gasteiger partial charge in [-0.25, -0.2) is 0 Å². The lowest BCUT2D eigenvalue weighted by Crippen LogP contribution is -2.66. The molecular weight excluding hydrogens is 328 g/mol. The van der Waals surface area contributed by atoms with Crippen LogP contribution in [0, 0.1) is 34.0 Å². The summed E-state index contributed by atoms with van der Waals surface area (Å²) in [7, 11) is 0. The largest absolute Gasteiger partial charge is 0.462 e. The van der Waals surface area contributed by atoms with Crippen LogP contribution in [0.15, 0.2) is 12.2 Å². The third-order valence-corrected chi connectivity index (χ3v) is 8.59. The number of ketones is 1. The third-order valence-electron chi connectivity index (χ3n) is 8.59. The fraction of sp³-hybridized carbons (Fsp3) is 0.818. The van der Waals surface area contributed by atoms with Crippen molar-refractivity contribution in [3.05, 3.63) is 12.2 Å². The molecule has 0 unspecified atom stereocenters. The maximum absolute atomic E-state index is 13.4. The quantitative estimate of drug-likeness (QED) is 0.572. The van der Waals surface area contributed by atoms with E-state index >= 15 is 0 Å². The van der Waals surface area contributed by atoms with Gasteiger partial charge in [0.25, 0.3) is 0 Å². The number of aliphatic hydroxyl groups is 1. The Bertz CT molecular complexity index is 680. The van der Waals surface area contributed by atoms with Crippen LogP contribution in [-0.4, -0.2) is 29.1 Å². The van der Waals surface area contributed by atoms with Gasteiger partial charge in [-0.3, -0.25) is 9.59 Å². The van der Waals surface area contributed by atoms with Crippen molar-refractivity contribution in [3.8, 4) is 0 Å². The minimum Gasteiger partial charge on any atom is -0.462 e. The number of ether oxygens (including phenoxy) is 1. The number of Topliss-reactive ketones (excluding diaryl/α,β-unsaturated/α-hetero) is 1. The predicted molar refractivity (Wildman–Crippen MR) is 98.2 cm³/mol. The van der Waals surface area contributed by atoms with E-state index in [1.165, 1.54) is 6.92 Å². The molecule has 0 aliphatic heterocycles. The average molecular weight is 360 g/mol. The van der Waals surface area contributed by atoms with Gasteiger partial charge in [0, 0.05) is 12.8 Å². The van der Waals surface area contributed by atoms with E-state index in [1.807, 2.05) is 0 Å². The fourth-order valence-electron chi connectivity index (χ4n) is 7.75. The number of allylic oxidation sites excluding steroid dienone is 1. The molecule has 7 atom stereocenters. The Balaban J connectivity index is 1.88. The third kappa shape index (κ3) is 2.11. The molecule has 2 bridgehead atoms. The van der Waals surface area contributed by atoms with Gasteiger partial charge in [-0.1, -0.05) is 33.8 Å². The van der Waals surface area contributed by atoms with Crippen molar-refractivity contribution in [2.24, 2.45) is 34.0 Å². The monoisotopic (exact) mass is 360 g/mol. The zero-order valence-corrected chi connectivity index (χ0v) is 16.5.